The minimum atomic E-state index is -3.96. The van der Waals surface area contributed by atoms with Gasteiger partial charge in [0.1, 0.15) is 10.7 Å². The number of hydrogen-bond acceptors (Lipinski definition) is 4. The van der Waals surface area contributed by atoms with E-state index >= 15 is 0 Å². The molecule has 19 heavy (non-hydrogen) atoms. The van der Waals surface area contributed by atoms with E-state index in [0.29, 0.717) is 0 Å². The van der Waals surface area contributed by atoms with Crippen molar-refractivity contribution in [2.45, 2.75) is 18.2 Å². The van der Waals surface area contributed by atoms with Crippen molar-refractivity contribution in [3.8, 4) is 0 Å². The molecule has 0 atom stereocenters. The zero-order valence-corrected chi connectivity index (χ0v) is 11.1. The lowest BCUT2D eigenvalue weighted by atomic mass is 10.3. The van der Waals surface area contributed by atoms with Crippen LogP contribution in [0.25, 0.3) is 0 Å². The molecule has 6 nitrogen and oxygen atoms in total. The van der Waals surface area contributed by atoms with Gasteiger partial charge >= 0.3 is 0 Å². The van der Waals surface area contributed by atoms with Crippen LogP contribution in [0.2, 0.25) is 0 Å². The van der Waals surface area contributed by atoms with Crippen molar-refractivity contribution in [1.82, 2.24) is 4.72 Å². The molecule has 0 saturated heterocycles. The first-order chi connectivity index (χ1) is 8.86. The van der Waals surface area contributed by atoms with Gasteiger partial charge in [-0.1, -0.05) is 0 Å². The van der Waals surface area contributed by atoms with E-state index in [1.807, 2.05) is 0 Å². The molecule has 1 aromatic carbocycles. The topological polar surface area (TPSA) is 95.5 Å². The van der Waals surface area contributed by atoms with Gasteiger partial charge in [0, 0.05) is 25.8 Å². The van der Waals surface area contributed by atoms with Crippen molar-refractivity contribution >= 4 is 21.6 Å². The predicted molar refractivity (Wildman–Crippen MR) is 67.6 cm³/mol. The van der Waals surface area contributed by atoms with Gasteiger partial charge in [-0.15, -0.1) is 0 Å². The van der Waals surface area contributed by atoms with Gasteiger partial charge in [-0.2, -0.15) is 0 Å². The highest BCUT2D eigenvalue weighted by molar-refractivity contribution is 7.89. The highest BCUT2D eigenvalue weighted by Crippen LogP contribution is 2.18. The van der Waals surface area contributed by atoms with Gasteiger partial charge in [0.2, 0.25) is 15.9 Å². The lowest BCUT2D eigenvalue weighted by Gasteiger charge is -2.08. The number of aliphatic hydroxyl groups is 1. The second kappa shape index (κ2) is 6.60. The maximum absolute atomic E-state index is 13.7. The van der Waals surface area contributed by atoms with E-state index in [0.717, 1.165) is 12.1 Å². The molecule has 3 N–H and O–H groups in total. The molecule has 0 heterocycles. The van der Waals surface area contributed by atoms with Crippen LogP contribution in [-0.4, -0.2) is 32.6 Å². The Hall–Kier alpha value is -1.51. The maximum atomic E-state index is 13.7. The second-order valence-electron chi connectivity index (χ2n) is 3.80. The van der Waals surface area contributed by atoms with E-state index < -0.39 is 20.7 Å². The van der Waals surface area contributed by atoms with E-state index in [1.54, 1.807) is 0 Å². The van der Waals surface area contributed by atoms with Crippen LogP contribution in [0.5, 0.6) is 0 Å². The molecule has 106 valence electrons. The van der Waals surface area contributed by atoms with Crippen molar-refractivity contribution in [1.29, 1.82) is 0 Å². The number of anilines is 1. The van der Waals surface area contributed by atoms with Crippen molar-refractivity contribution < 1.29 is 22.7 Å². The Bertz CT molecular complexity index is 560. The van der Waals surface area contributed by atoms with Crippen molar-refractivity contribution in [3.63, 3.8) is 0 Å². The van der Waals surface area contributed by atoms with Gasteiger partial charge in [0.05, 0.1) is 0 Å². The van der Waals surface area contributed by atoms with Gasteiger partial charge in [-0.3, -0.25) is 4.79 Å². The molecule has 0 saturated carbocycles. The molecule has 0 aliphatic heterocycles. The highest BCUT2D eigenvalue weighted by Gasteiger charge is 2.18. The molecule has 0 aromatic heterocycles. The fraction of sp³-hybridized carbons (Fsp3) is 0.364. The number of aliphatic hydroxyl groups excluding tert-OH is 1. The van der Waals surface area contributed by atoms with Crippen LogP contribution < -0.4 is 10.0 Å². The minimum absolute atomic E-state index is 0.0196. The van der Waals surface area contributed by atoms with Crippen LogP contribution in [-0.2, 0) is 14.8 Å². The fourth-order valence-corrected chi connectivity index (χ4v) is 2.49. The van der Waals surface area contributed by atoms with Crippen LogP contribution in [0.15, 0.2) is 23.1 Å². The van der Waals surface area contributed by atoms with E-state index in [1.165, 1.54) is 13.0 Å². The molecule has 1 amide bonds. The molecule has 0 fully saturated rings. The van der Waals surface area contributed by atoms with Crippen LogP contribution in [0, 0.1) is 5.82 Å². The molecule has 0 radical (unpaired) electrons. The van der Waals surface area contributed by atoms with E-state index in [9.17, 15) is 17.6 Å². The summed E-state index contributed by atoms with van der Waals surface area (Å²) in [6.45, 7) is 1.12. The Morgan fingerprint density at radius 2 is 2.11 bits per heavy atom. The van der Waals surface area contributed by atoms with E-state index in [-0.39, 0.29) is 31.2 Å². The lowest BCUT2D eigenvalue weighted by Crippen LogP contribution is -2.26. The number of sulfonamides is 1. The number of hydrogen-bond donors (Lipinski definition) is 3. The third kappa shape index (κ3) is 4.58. The summed E-state index contributed by atoms with van der Waals surface area (Å²) in [6, 6.07) is 3.30. The minimum Gasteiger partial charge on any atom is -0.396 e. The molecule has 1 rings (SSSR count). The van der Waals surface area contributed by atoms with Crippen molar-refractivity contribution in [2.75, 3.05) is 18.5 Å². The molecular formula is C11H15FN2O4S. The Morgan fingerprint density at radius 3 is 2.63 bits per heavy atom. The van der Waals surface area contributed by atoms with Gasteiger partial charge in [-0.05, 0) is 24.6 Å². The van der Waals surface area contributed by atoms with Crippen LogP contribution in [0.1, 0.15) is 13.3 Å². The fourth-order valence-electron chi connectivity index (χ4n) is 1.36. The summed E-state index contributed by atoms with van der Waals surface area (Å²) in [7, 11) is -3.96. The number of halogens is 1. The summed E-state index contributed by atoms with van der Waals surface area (Å²) in [5.41, 5.74) is 0.180. The summed E-state index contributed by atoms with van der Waals surface area (Å²) in [4.78, 5) is 10.3. The monoisotopic (exact) mass is 290 g/mol. The van der Waals surface area contributed by atoms with Crippen LogP contribution in [0.4, 0.5) is 10.1 Å². The summed E-state index contributed by atoms with van der Waals surface area (Å²) < 4.78 is 39.3. The van der Waals surface area contributed by atoms with Gasteiger partial charge in [0.15, 0.2) is 0 Å². The molecule has 0 aliphatic rings. The van der Waals surface area contributed by atoms with Crippen molar-refractivity contribution in [3.05, 3.63) is 24.0 Å². The maximum Gasteiger partial charge on any atom is 0.243 e. The summed E-state index contributed by atoms with van der Waals surface area (Å²) in [6.07, 6.45) is 0.241. The molecule has 0 bridgehead atoms. The van der Waals surface area contributed by atoms with Gasteiger partial charge < -0.3 is 10.4 Å². The average molecular weight is 290 g/mol. The zero-order valence-electron chi connectivity index (χ0n) is 10.3. The predicted octanol–water partition coefficient (Wildman–Crippen LogP) is 0.445. The standard InChI is InChI=1S/C11H15FN2O4S/c1-8(16)14-9-3-4-11(10(12)7-9)19(17,18)13-5-2-6-15/h3-4,7,13,15H,2,5-6H2,1H3,(H,14,16). The normalized spacial score (nSPS) is 11.3. The second-order valence-corrected chi connectivity index (χ2v) is 5.54. The zero-order chi connectivity index (χ0) is 14.5. The van der Waals surface area contributed by atoms with Gasteiger partial charge in [0.25, 0.3) is 0 Å². The number of benzene rings is 1. The largest absolute Gasteiger partial charge is 0.396 e. The molecular weight excluding hydrogens is 275 g/mol. The Balaban J connectivity index is 2.92. The third-order valence-electron chi connectivity index (χ3n) is 2.17. The summed E-state index contributed by atoms with van der Waals surface area (Å²) in [5, 5.41) is 10.9. The SMILES string of the molecule is CC(=O)Nc1ccc(S(=O)(=O)NCCCO)c(F)c1. The summed E-state index contributed by atoms with van der Waals surface area (Å²) >= 11 is 0. The lowest BCUT2D eigenvalue weighted by molar-refractivity contribution is -0.114. The number of amides is 1. The smallest absolute Gasteiger partial charge is 0.243 e. The number of nitrogens with one attached hydrogen (secondary N) is 2. The summed E-state index contributed by atoms with van der Waals surface area (Å²) in [5.74, 6) is -1.33. The number of rotatable bonds is 6. The first-order valence-electron chi connectivity index (χ1n) is 5.54. The van der Waals surface area contributed by atoms with Gasteiger partial charge in [-0.25, -0.2) is 17.5 Å². The van der Waals surface area contributed by atoms with Crippen molar-refractivity contribution in [2.24, 2.45) is 0 Å². The van der Waals surface area contributed by atoms with E-state index in [4.69, 9.17) is 5.11 Å². The molecule has 1 aromatic rings. The van der Waals surface area contributed by atoms with E-state index in [2.05, 4.69) is 10.0 Å². The average Bonchev–Trinajstić information content (AvgIpc) is 2.27. The van der Waals surface area contributed by atoms with Crippen LogP contribution >= 0.6 is 0 Å². The molecule has 0 unspecified atom stereocenters. The first kappa shape index (κ1) is 15.5. The molecule has 0 spiro atoms. The van der Waals surface area contributed by atoms with Crippen LogP contribution in [0.3, 0.4) is 0 Å². The Morgan fingerprint density at radius 1 is 1.42 bits per heavy atom. The quantitative estimate of drug-likeness (QED) is 0.663. The highest BCUT2D eigenvalue weighted by atomic mass is 32.2. The Labute approximate surface area is 110 Å². The number of carbonyl (C=O) groups is 1. The third-order valence-corrected chi connectivity index (χ3v) is 3.66. The molecule has 0 aliphatic carbocycles. The Kier molecular flexibility index (Phi) is 5.40. The number of carbonyl (C=O) groups excluding carboxylic acids is 1. The molecule has 8 heteroatoms. The first-order valence-corrected chi connectivity index (χ1v) is 7.03.